The van der Waals surface area contributed by atoms with Crippen molar-refractivity contribution in [2.75, 3.05) is 6.61 Å². The first-order chi connectivity index (χ1) is 19.8. The molecule has 0 aromatic heterocycles. The Balaban J connectivity index is 1.83. The Labute approximate surface area is 243 Å². The van der Waals surface area contributed by atoms with Crippen LogP contribution in [0.5, 0.6) is 5.75 Å². The van der Waals surface area contributed by atoms with E-state index in [4.69, 9.17) is 28.4 Å². The van der Waals surface area contributed by atoms with Crippen molar-refractivity contribution < 1.29 is 52.4 Å². The summed E-state index contributed by atoms with van der Waals surface area (Å²) in [4.78, 5) is 60.0. The van der Waals surface area contributed by atoms with Crippen LogP contribution in [0.25, 0.3) is 0 Å². The van der Waals surface area contributed by atoms with Crippen molar-refractivity contribution in [2.24, 2.45) is 0 Å². The molecule has 226 valence electrons. The van der Waals surface area contributed by atoms with Crippen molar-refractivity contribution in [1.82, 2.24) is 5.32 Å². The van der Waals surface area contributed by atoms with Crippen LogP contribution in [0.4, 0.5) is 0 Å². The lowest BCUT2D eigenvalue weighted by molar-refractivity contribution is -0.288. The molecule has 1 N–H and O–H groups in total. The number of benzene rings is 2. The van der Waals surface area contributed by atoms with Gasteiger partial charge >= 0.3 is 23.9 Å². The molecule has 1 saturated heterocycles. The minimum atomic E-state index is -1.35. The summed E-state index contributed by atoms with van der Waals surface area (Å²) in [5.41, 5.74) is 2.37. The molecule has 12 heteroatoms. The molecule has 5 unspecified atom stereocenters. The molecule has 1 aliphatic heterocycles. The summed E-state index contributed by atoms with van der Waals surface area (Å²) in [6.45, 7) is 8.03. The molecule has 42 heavy (non-hydrogen) atoms. The van der Waals surface area contributed by atoms with Gasteiger partial charge in [-0.3, -0.25) is 24.0 Å². The van der Waals surface area contributed by atoms with Gasteiger partial charge in [0.2, 0.25) is 12.4 Å². The fourth-order valence-electron chi connectivity index (χ4n) is 4.32. The molecule has 6 atom stereocenters. The Kier molecular flexibility index (Phi) is 11.0. The lowest BCUT2D eigenvalue weighted by atomic mass is 9.98. The standard InChI is InChI=1S/C30H35NO11/c1-16-7-9-23(10-8-16)29(36)31-17(2)22-11-13-24(14-12-22)41-30-28(40-21(6)35)27(39-20(5)34)26(38-19(4)33)25(42-30)15-37-18(3)32/h7-14,17,25-28,30H,15H2,1-6H3,(H,31,36)/t17-,25?,26?,27?,28?,30?/m0/s1. The van der Waals surface area contributed by atoms with Crippen molar-refractivity contribution in [3.63, 3.8) is 0 Å². The lowest BCUT2D eigenvalue weighted by Crippen LogP contribution is -2.63. The highest BCUT2D eigenvalue weighted by Crippen LogP contribution is 2.31. The van der Waals surface area contributed by atoms with E-state index in [0.717, 1.165) is 31.9 Å². The maximum absolute atomic E-state index is 12.6. The van der Waals surface area contributed by atoms with E-state index in [-0.39, 0.29) is 24.3 Å². The third kappa shape index (κ3) is 9.03. The first-order valence-corrected chi connectivity index (χ1v) is 13.3. The fourth-order valence-corrected chi connectivity index (χ4v) is 4.32. The predicted molar refractivity (Wildman–Crippen MR) is 146 cm³/mol. The molecule has 12 nitrogen and oxygen atoms in total. The van der Waals surface area contributed by atoms with Crippen molar-refractivity contribution in [3.05, 3.63) is 65.2 Å². The van der Waals surface area contributed by atoms with Gasteiger partial charge in [0.25, 0.3) is 5.91 Å². The molecular formula is C30H35NO11. The van der Waals surface area contributed by atoms with Crippen LogP contribution in [0.3, 0.4) is 0 Å². The molecule has 1 aliphatic rings. The zero-order chi connectivity index (χ0) is 31.0. The van der Waals surface area contributed by atoms with Gasteiger partial charge < -0.3 is 33.7 Å². The van der Waals surface area contributed by atoms with Crippen LogP contribution in [0.15, 0.2) is 48.5 Å². The summed E-state index contributed by atoms with van der Waals surface area (Å²) in [7, 11) is 0. The number of ether oxygens (including phenoxy) is 6. The van der Waals surface area contributed by atoms with Crippen LogP contribution in [0.2, 0.25) is 0 Å². The fraction of sp³-hybridized carbons (Fsp3) is 0.433. The molecule has 1 heterocycles. The van der Waals surface area contributed by atoms with Gasteiger partial charge in [-0.25, -0.2) is 0 Å². The van der Waals surface area contributed by atoms with E-state index in [1.165, 1.54) is 6.92 Å². The topological polar surface area (TPSA) is 153 Å². The molecular weight excluding hydrogens is 550 g/mol. The summed E-state index contributed by atoms with van der Waals surface area (Å²) in [5, 5.41) is 2.94. The molecule has 0 aliphatic carbocycles. The number of carbonyl (C=O) groups is 5. The molecule has 2 aromatic carbocycles. The minimum absolute atomic E-state index is 0.222. The van der Waals surface area contributed by atoms with Gasteiger partial charge in [-0.1, -0.05) is 29.8 Å². The highest BCUT2D eigenvalue weighted by atomic mass is 16.7. The van der Waals surface area contributed by atoms with Gasteiger partial charge in [0.15, 0.2) is 12.2 Å². The molecule has 0 radical (unpaired) electrons. The largest absolute Gasteiger partial charge is 0.463 e. The second-order valence-electron chi connectivity index (χ2n) is 9.82. The number of esters is 4. The van der Waals surface area contributed by atoms with E-state index in [1.54, 1.807) is 36.4 Å². The van der Waals surface area contributed by atoms with Crippen LogP contribution in [0.1, 0.15) is 62.1 Å². The Bertz CT molecular complexity index is 1280. The van der Waals surface area contributed by atoms with Crippen molar-refractivity contribution >= 4 is 29.8 Å². The molecule has 3 rings (SSSR count). The van der Waals surface area contributed by atoms with E-state index in [1.807, 2.05) is 26.0 Å². The monoisotopic (exact) mass is 585 g/mol. The maximum atomic E-state index is 12.6. The highest BCUT2D eigenvalue weighted by molar-refractivity contribution is 5.94. The Morgan fingerprint density at radius 1 is 0.762 bits per heavy atom. The first kappa shape index (κ1) is 32.1. The SMILES string of the molecule is CC(=O)OCC1OC(Oc2ccc([C@H](C)NC(=O)c3ccc(C)cc3)cc2)C(OC(C)=O)C(OC(C)=O)C1OC(C)=O. The summed E-state index contributed by atoms with van der Waals surface area (Å²) in [6, 6.07) is 13.6. The van der Waals surface area contributed by atoms with E-state index >= 15 is 0 Å². The molecule has 1 fully saturated rings. The zero-order valence-electron chi connectivity index (χ0n) is 24.3. The number of rotatable bonds is 10. The lowest BCUT2D eigenvalue weighted by Gasteiger charge is -2.43. The van der Waals surface area contributed by atoms with E-state index in [2.05, 4.69) is 5.32 Å². The number of hydrogen-bond acceptors (Lipinski definition) is 11. The Morgan fingerprint density at radius 2 is 1.31 bits per heavy atom. The number of hydrogen-bond donors (Lipinski definition) is 1. The summed E-state index contributed by atoms with van der Waals surface area (Å²) < 4.78 is 33.2. The molecule has 2 aromatic rings. The second kappa shape index (κ2) is 14.4. The Morgan fingerprint density at radius 3 is 1.86 bits per heavy atom. The third-order valence-electron chi connectivity index (χ3n) is 6.24. The Hall–Kier alpha value is -4.45. The minimum Gasteiger partial charge on any atom is -0.463 e. The average Bonchev–Trinajstić information content (AvgIpc) is 2.90. The quantitative estimate of drug-likeness (QED) is 0.323. The normalized spacial score (nSPS) is 22.2. The van der Waals surface area contributed by atoms with Crippen LogP contribution in [-0.2, 0) is 42.9 Å². The first-order valence-electron chi connectivity index (χ1n) is 13.3. The smallest absolute Gasteiger partial charge is 0.303 e. The van der Waals surface area contributed by atoms with Crippen LogP contribution in [-0.4, -0.2) is 67.1 Å². The van der Waals surface area contributed by atoms with Crippen molar-refractivity contribution in [1.29, 1.82) is 0 Å². The number of aryl methyl sites for hydroxylation is 1. The van der Waals surface area contributed by atoms with Crippen LogP contribution < -0.4 is 10.1 Å². The van der Waals surface area contributed by atoms with E-state index in [0.29, 0.717) is 5.56 Å². The highest BCUT2D eigenvalue weighted by Gasteiger charge is 2.53. The van der Waals surface area contributed by atoms with Gasteiger partial charge in [-0.2, -0.15) is 0 Å². The summed E-state index contributed by atoms with van der Waals surface area (Å²) in [6.07, 6.45) is -6.46. The molecule has 0 spiro atoms. The van der Waals surface area contributed by atoms with E-state index in [9.17, 15) is 24.0 Å². The molecule has 0 bridgehead atoms. The molecule has 1 amide bonds. The van der Waals surface area contributed by atoms with Gasteiger partial charge in [-0.15, -0.1) is 0 Å². The summed E-state index contributed by atoms with van der Waals surface area (Å²) in [5.74, 6) is -2.76. The zero-order valence-corrected chi connectivity index (χ0v) is 24.3. The maximum Gasteiger partial charge on any atom is 0.303 e. The van der Waals surface area contributed by atoms with Crippen LogP contribution in [0, 0.1) is 6.92 Å². The van der Waals surface area contributed by atoms with Crippen molar-refractivity contribution in [2.45, 2.75) is 78.3 Å². The average molecular weight is 586 g/mol. The number of amides is 1. The van der Waals surface area contributed by atoms with E-state index < -0.39 is 54.6 Å². The van der Waals surface area contributed by atoms with Crippen LogP contribution >= 0.6 is 0 Å². The third-order valence-corrected chi connectivity index (χ3v) is 6.24. The van der Waals surface area contributed by atoms with Gasteiger partial charge in [-0.05, 0) is 43.7 Å². The molecule has 0 saturated carbocycles. The van der Waals surface area contributed by atoms with Gasteiger partial charge in [0, 0.05) is 33.3 Å². The van der Waals surface area contributed by atoms with Gasteiger partial charge in [0.1, 0.15) is 18.5 Å². The predicted octanol–water partition coefficient (Wildman–Crippen LogP) is 2.95. The number of nitrogens with one attached hydrogen (secondary N) is 1. The van der Waals surface area contributed by atoms with Crippen molar-refractivity contribution in [3.8, 4) is 5.75 Å². The summed E-state index contributed by atoms with van der Waals surface area (Å²) >= 11 is 0. The second-order valence-corrected chi connectivity index (χ2v) is 9.82. The van der Waals surface area contributed by atoms with Gasteiger partial charge in [0.05, 0.1) is 6.04 Å². The number of carbonyl (C=O) groups excluding carboxylic acids is 5.